The van der Waals surface area contributed by atoms with E-state index in [2.05, 4.69) is 0 Å². The number of phenolic OH excluding ortho intramolecular Hbond substituents is 1. The summed E-state index contributed by atoms with van der Waals surface area (Å²) < 4.78 is 4.79. The second-order valence-electron chi connectivity index (χ2n) is 3.43. The number of benzene rings is 1. The lowest BCUT2D eigenvalue weighted by atomic mass is 10.1. The summed E-state index contributed by atoms with van der Waals surface area (Å²) in [5.41, 5.74) is 0.506. The number of halogens is 1. The number of aromatic hydroxyl groups is 1. The predicted octanol–water partition coefficient (Wildman–Crippen LogP) is 2.15. The van der Waals surface area contributed by atoms with Crippen LogP contribution in [0.25, 0.3) is 6.08 Å². The van der Waals surface area contributed by atoms with Crippen molar-refractivity contribution in [2.75, 3.05) is 12.5 Å². The van der Waals surface area contributed by atoms with Gasteiger partial charge in [-0.25, -0.2) is 4.79 Å². The van der Waals surface area contributed by atoms with Gasteiger partial charge < -0.3 is 9.84 Å². The molecule has 0 unspecified atom stereocenters. The van der Waals surface area contributed by atoms with Crippen LogP contribution in [-0.2, 0) is 14.3 Å². The Morgan fingerprint density at radius 3 is 2.44 bits per heavy atom. The summed E-state index contributed by atoms with van der Waals surface area (Å²) in [5, 5.41) is 9.14. The molecule has 1 aromatic rings. The zero-order chi connectivity index (χ0) is 13.5. The topological polar surface area (TPSA) is 63.6 Å². The zero-order valence-corrected chi connectivity index (χ0v) is 10.6. The van der Waals surface area contributed by atoms with Gasteiger partial charge in [-0.2, -0.15) is 0 Å². The van der Waals surface area contributed by atoms with Gasteiger partial charge >= 0.3 is 5.97 Å². The SMILES string of the molecule is CCOC(=O)C(=Cc1ccc(O)cc1)C(=O)CCl. The number of hydrogen-bond acceptors (Lipinski definition) is 4. The van der Waals surface area contributed by atoms with Crippen molar-refractivity contribution in [1.29, 1.82) is 0 Å². The second-order valence-corrected chi connectivity index (χ2v) is 3.69. The van der Waals surface area contributed by atoms with Crippen molar-refractivity contribution in [2.45, 2.75) is 6.92 Å². The fourth-order valence-electron chi connectivity index (χ4n) is 1.27. The van der Waals surface area contributed by atoms with Gasteiger partial charge in [0.15, 0.2) is 5.78 Å². The Balaban J connectivity index is 3.05. The Bertz CT molecular complexity index is 462. The summed E-state index contributed by atoms with van der Waals surface area (Å²) in [4.78, 5) is 23.1. The Hall–Kier alpha value is -1.81. The van der Waals surface area contributed by atoms with Crippen molar-refractivity contribution >= 4 is 29.4 Å². The van der Waals surface area contributed by atoms with Gasteiger partial charge in [0, 0.05) is 0 Å². The quantitative estimate of drug-likeness (QED) is 0.292. The maximum Gasteiger partial charge on any atom is 0.341 e. The van der Waals surface area contributed by atoms with E-state index in [1.54, 1.807) is 19.1 Å². The van der Waals surface area contributed by atoms with E-state index in [0.717, 1.165) is 0 Å². The molecule has 0 aliphatic carbocycles. The van der Waals surface area contributed by atoms with Crippen LogP contribution in [0.5, 0.6) is 5.75 Å². The summed E-state index contributed by atoms with van der Waals surface area (Å²) in [7, 11) is 0. The third-order valence-electron chi connectivity index (χ3n) is 2.12. The third-order valence-corrected chi connectivity index (χ3v) is 2.36. The molecule has 0 amide bonds. The number of ketones is 1. The number of carbonyl (C=O) groups is 2. The van der Waals surface area contributed by atoms with Crippen LogP contribution < -0.4 is 0 Å². The average Bonchev–Trinajstić information content (AvgIpc) is 2.37. The van der Waals surface area contributed by atoms with Gasteiger partial charge in [0.1, 0.15) is 11.3 Å². The molecule has 4 nitrogen and oxygen atoms in total. The number of esters is 1. The standard InChI is InChI=1S/C13H13ClO4/c1-2-18-13(17)11(12(16)8-14)7-9-3-5-10(15)6-4-9/h3-7,15H,2,8H2,1H3. The van der Waals surface area contributed by atoms with Crippen molar-refractivity contribution in [1.82, 2.24) is 0 Å². The molecule has 96 valence electrons. The van der Waals surface area contributed by atoms with Gasteiger partial charge in [-0.1, -0.05) is 12.1 Å². The zero-order valence-electron chi connectivity index (χ0n) is 9.85. The lowest BCUT2D eigenvalue weighted by molar-refractivity contribution is -0.139. The summed E-state index contributed by atoms with van der Waals surface area (Å²) in [6.07, 6.45) is 1.39. The van der Waals surface area contributed by atoms with Crippen molar-refractivity contribution in [2.24, 2.45) is 0 Å². The van der Waals surface area contributed by atoms with Crippen molar-refractivity contribution in [3.05, 3.63) is 35.4 Å². The smallest absolute Gasteiger partial charge is 0.341 e. The maximum atomic E-state index is 11.6. The molecular formula is C13H13ClO4. The van der Waals surface area contributed by atoms with Crippen LogP contribution in [0.4, 0.5) is 0 Å². The van der Waals surface area contributed by atoms with Crippen LogP contribution in [0.15, 0.2) is 29.8 Å². The van der Waals surface area contributed by atoms with Crippen LogP contribution in [0, 0.1) is 0 Å². The fourth-order valence-corrected chi connectivity index (χ4v) is 1.42. The minimum Gasteiger partial charge on any atom is -0.508 e. The average molecular weight is 269 g/mol. The molecule has 5 heteroatoms. The first-order valence-electron chi connectivity index (χ1n) is 5.35. The first-order valence-corrected chi connectivity index (χ1v) is 5.89. The van der Waals surface area contributed by atoms with Crippen molar-refractivity contribution in [3.63, 3.8) is 0 Å². The number of Topliss-reactive ketones (excluding diaryl/α,β-unsaturated/α-hetero) is 1. The van der Waals surface area contributed by atoms with Gasteiger partial charge in [-0.3, -0.25) is 4.79 Å². The molecule has 0 atom stereocenters. The molecule has 0 bridgehead atoms. The van der Waals surface area contributed by atoms with E-state index >= 15 is 0 Å². The minimum atomic E-state index is -0.698. The van der Waals surface area contributed by atoms with Crippen LogP contribution in [0.3, 0.4) is 0 Å². The molecule has 0 aromatic heterocycles. The molecule has 0 aliphatic rings. The molecular weight excluding hydrogens is 256 g/mol. The highest BCUT2D eigenvalue weighted by atomic mass is 35.5. The monoisotopic (exact) mass is 268 g/mol. The molecule has 1 aromatic carbocycles. The van der Waals surface area contributed by atoms with Crippen LogP contribution >= 0.6 is 11.6 Å². The van der Waals surface area contributed by atoms with Gasteiger partial charge in [0.2, 0.25) is 0 Å². The van der Waals surface area contributed by atoms with E-state index < -0.39 is 11.8 Å². The summed E-state index contributed by atoms with van der Waals surface area (Å²) in [6.45, 7) is 1.84. The third kappa shape index (κ3) is 3.89. The summed E-state index contributed by atoms with van der Waals surface area (Å²) in [5.74, 6) is -1.38. The Labute approximate surface area is 110 Å². The Morgan fingerprint density at radius 1 is 1.33 bits per heavy atom. The van der Waals surface area contributed by atoms with Gasteiger partial charge in [-0.15, -0.1) is 11.6 Å². The number of phenols is 1. The van der Waals surface area contributed by atoms with E-state index in [1.165, 1.54) is 18.2 Å². The molecule has 0 aliphatic heterocycles. The summed E-state index contributed by atoms with van der Waals surface area (Å²) in [6, 6.07) is 6.08. The number of rotatable bonds is 5. The van der Waals surface area contributed by atoms with E-state index in [9.17, 15) is 9.59 Å². The van der Waals surface area contributed by atoms with Crippen LogP contribution in [-0.4, -0.2) is 29.3 Å². The molecule has 18 heavy (non-hydrogen) atoms. The van der Waals surface area contributed by atoms with E-state index in [1.807, 2.05) is 0 Å². The largest absolute Gasteiger partial charge is 0.508 e. The number of carbonyl (C=O) groups excluding carboxylic acids is 2. The van der Waals surface area contributed by atoms with E-state index in [0.29, 0.717) is 5.56 Å². The van der Waals surface area contributed by atoms with Gasteiger partial charge in [0.05, 0.1) is 12.5 Å². The van der Waals surface area contributed by atoms with Gasteiger partial charge in [0.25, 0.3) is 0 Å². The van der Waals surface area contributed by atoms with Crippen molar-refractivity contribution in [3.8, 4) is 5.75 Å². The highest BCUT2D eigenvalue weighted by Gasteiger charge is 2.18. The highest BCUT2D eigenvalue weighted by molar-refractivity contribution is 6.35. The molecule has 0 heterocycles. The molecule has 0 radical (unpaired) electrons. The Morgan fingerprint density at radius 2 is 1.94 bits per heavy atom. The second kappa shape index (κ2) is 6.81. The highest BCUT2D eigenvalue weighted by Crippen LogP contribution is 2.14. The van der Waals surface area contributed by atoms with E-state index in [4.69, 9.17) is 21.4 Å². The molecule has 0 saturated heterocycles. The molecule has 0 fully saturated rings. The molecule has 1 N–H and O–H groups in total. The lowest BCUT2D eigenvalue weighted by Gasteiger charge is -2.04. The number of hydrogen-bond donors (Lipinski definition) is 1. The molecule has 1 rings (SSSR count). The van der Waals surface area contributed by atoms with Crippen LogP contribution in [0.2, 0.25) is 0 Å². The van der Waals surface area contributed by atoms with Gasteiger partial charge in [-0.05, 0) is 30.7 Å². The Kier molecular flexibility index (Phi) is 5.39. The summed E-state index contributed by atoms with van der Waals surface area (Å²) >= 11 is 5.44. The van der Waals surface area contributed by atoms with E-state index in [-0.39, 0.29) is 23.8 Å². The van der Waals surface area contributed by atoms with Crippen molar-refractivity contribution < 1.29 is 19.4 Å². The fraction of sp³-hybridized carbons (Fsp3) is 0.231. The number of alkyl halides is 1. The first-order chi connectivity index (χ1) is 8.58. The molecule has 0 spiro atoms. The normalized spacial score (nSPS) is 11.1. The minimum absolute atomic E-state index is 0.0995. The number of ether oxygens (including phenoxy) is 1. The lowest BCUT2D eigenvalue weighted by Crippen LogP contribution is -2.16. The van der Waals surface area contributed by atoms with Crippen LogP contribution in [0.1, 0.15) is 12.5 Å². The molecule has 0 saturated carbocycles. The predicted molar refractivity (Wildman–Crippen MR) is 68.4 cm³/mol. The first kappa shape index (κ1) is 14.3. The maximum absolute atomic E-state index is 11.6.